The molecule has 1 aliphatic rings. The number of carbonyl (C=O) groups excluding carboxylic acids is 1. The number of nitrogens with zero attached hydrogens (tertiary/aromatic N) is 1. The lowest BCUT2D eigenvalue weighted by Gasteiger charge is -2.14. The van der Waals surface area contributed by atoms with Gasteiger partial charge in [0.2, 0.25) is 15.0 Å². The molecule has 1 atom stereocenters. The highest BCUT2D eigenvalue weighted by molar-refractivity contribution is 8.14. The second-order valence-electron chi connectivity index (χ2n) is 3.13. The third-order valence-electron chi connectivity index (χ3n) is 2.14. The SMILES string of the molecule is COCCN1CC(S(=O)(=O)Cl)CC1=O. The molecular formula is C7H12ClNO4S. The fourth-order valence-electron chi connectivity index (χ4n) is 1.34. The van der Waals surface area contributed by atoms with Gasteiger partial charge in [-0.15, -0.1) is 0 Å². The summed E-state index contributed by atoms with van der Waals surface area (Å²) in [6.45, 7) is 0.993. The number of amides is 1. The molecule has 7 heteroatoms. The van der Waals surface area contributed by atoms with Crippen molar-refractivity contribution in [3.05, 3.63) is 0 Å². The van der Waals surface area contributed by atoms with Gasteiger partial charge < -0.3 is 9.64 Å². The molecule has 1 heterocycles. The summed E-state index contributed by atoms with van der Waals surface area (Å²) in [6, 6.07) is 0. The highest BCUT2D eigenvalue weighted by atomic mass is 35.7. The number of ether oxygens (including phenoxy) is 1. The fourth-order valence-corrected chi connectivity index (χ4v) is 2.40. The molecule has 1 fully saturated rings. The van der Waals surface area contributed by atoms with Crippen LogP contribution in [0, 0.1) is 0 Å². The van der Waals surface area contributed by atoms with Crippen LogP contribution in [0.1, 0.15) is 6.42 Å². The van der Waals surface area contributed by atoms with Gasteiger partial charge in [-0.05, 0) is 0 Å². The van der Waals surface area contributed by atoms with Crippen LogP contribution in [-0.4, -0.2) is 51.3 Å². The van der Waals surface area contributed by atoms with Gasteiger partial charge in [-0.1, -0.05) is 0 Å². The van der Waals surface area contributed by atoms with E-state index in [1.54, 1.807) is 0 Å². The minimum atomic E-state index is -3.62. The second-order valence-corrected chi connectivity index (χ2v) is 6.04. The minimum absolute atomic E-state index is 0.0183. The van der Waals surface area contributed by atoms with Gasteiger partial charge in [0.25, 0.3) is 0 Å². The van der Waals surface area contributed by atoms with E-state index in [4.69, 9.17) is 15.4 Å². The van der Waals surface area contributed by atoms with Gasteiger partial charge in [0.1, 0.15) is 5.25 Å². The van der Waals surface area contributed by atoms with Crippen LogP contribution in [0.4, 0.5) is 0 Å². The average molecular weight is 242 g/mol. The fraction of sp³-hybridized carbons (Fsp3) is 0.857. The Labute approximate surface area is 87.4 Å². The van der Waals surface area contributed by atoms with Gasteiger partial charge in [-0.25, -0.2) is 8.42 Å². The highest BCUT2D eigenvalue weighted by Gasteiger charge is 2.36. The van der Waals surface area contributed by atoms with E-state index in [1.807, 2.05) is 0 Å². The molecule has 82 valence electrons. The van der Waals surface area contributed by atoms with Gasteiger partial charge in [-0.3, -0.25) is 4.79 Å². The third-order valence-corrected chi connectivity index (χ3v) is 4.01. The normalized spacial score (nSPS) is 23.1. The monoisotopic (exact) mass is 241 g/mol. The maximum atomic E-state index is 11.3. The quantitative estimate of drug-likeness (QED) is 0.640. The first-order valence-corrected chi connectivity index (χ1v) is 6.52. The van der Waals surface area contributed by atoms with Gasteiger partial charge in [-0.2, -0.15) is 0 Å². The number of likely N-dealkylation sites (tertiary alicyclic amines) is 1. The minimum Gasteiger partial charge on any atom is -0.383 e. The molecule has 0 aliphatic carbocycles. The summed E-state index contributed by atoms with van der Waals surface area (Å²) in [5.74, 6) is -0.184. The Morgan fingerprint density at radius 2 is 2.29 bits per heavy atom. The molecule has 0 spiro atoms. The summed E-state index contributed by atoms with van der Waals surface area (Å²) in [6.07, 6.45) is -0.0183. The lowest BCUT2D eigenvalue weighted by Crippen LogP contribution is -2.30. The van der Waals surface area contributed by atoms with E-state index < -0.39 is 14.3 Å². The molecule has 1 amide bonds. The number of carbonyl (C=O) groups is 1. The molecule has 0 radical (unpaired) electrons. The number of methoxy groups -OCH3 is 1. The zero-order valence-corrected chi connectivity index (χ0v) is 9.34. The third kappa shape index (κ3) is 2.83. The number of hydrogen-bond acceptors (Lipinski definition) is 4. The second kappa shape index (κ2) is 4.46. The predicted molar refractivity (Wildman–Crippen MR) is 51.6 cm³/mol. The van der Waals surface area contributed by atoms with Crippen molar-refractivity contribution in [1.82, 2.24) is 4.90 Å². The van der Waals surface area contributed by atoms with Gasteiger partial charge in [0.15, 0.2) is 0 Å². The summed E-state index contributed by atoms with van der Waals surface area (Å²) >= 11 is 0. The number of hydrogen-bond donors (Lipinski definition) is 0. The number of halogens is 1. The Kier molecular flexibility index (Phi) is 3.74. The molecule has 0 saturated carbocycles. The lowest BCUT2D eigenvalue weighted by atomic mass is 10.4. The van der Waals surface area contributed by atoms with Crippen molar-refractivity contribution in [2.24, 2.45) is 0 Å². The molecule has 0 aromatic rings. The zero-order chi connectivity index (χ0) is 10.8. The Morgan fingerprint density at radius 3 is 2.71 bits per heavy atom. The van der Waals surface area contributed by atoms with E-state index in [0.29, 0.717) is 13.2 Å². The molecule has 0 aromatic carbocycles. The van der Waals surface area contributed by atoms with Crippen LogP contribution in [-0.2, 0) is 18.6 Å². The van der Waals surface area contributed by atoms with Crippen molar-refractivity contribution in [2.45, 2.75) is 11.7 Å². The molecule has 1 rings (SSSR count). The Bertz CT molecular complexity index is 316. The van der Waals surface area contributed by atoms with Crippen molar-refractivity contribution >= 4 is 25.6 Å². The first-order valence-electron chi connectivity index (χ1n) is 4.15. The average Bonchev–Trinajstić information content (AvgIpc) is 2.43. The largest absolute Gasteiger partial charge is 0.383 e. The molecule has 1 unspecified atom stereocenters. The van der Waals surface area contributed by atoms with Crippen molar-refractivity contribution in [2.75, 3.05) is 26.8 Å². The van der Waals surface area contributed by atoms with Crippen LogP contribution in [0.2, 0.25) is 0 Å². The first-order chi connectivity index (χ1) is 6.45. The molecule has 0 bridgehead atoms. The predicted octanol–water partition coefficient (Wildman–Crippen LogP) is -0.198. The molecule has 14 heavy (non-hydrogen) atoms. The van der Waals surface area contributed by atoms with E-state index in [-0.39, 0.29) is 18.9 Å². The highest BCUT2D eigenvalue weighted by Crippen LogP contribution is 2.20. The Balaban J connectivity index is 2.56. The van der Waals surface area contributed by atoms with Crippen molar-refractivity contribution in [1.29, 1.82) is 0 Å². The molecule has 1 saturated heterocycles. The van der Waals surface area contributed by atoms with Gasteiger partial charge in [0, 0.05) is 37.3 Å². The van der Waals surface area contributed by atoms with Gasteiger partial charge >= 0.3 is 0 Å². The standard InChI is InChI=1S/C7H12ClNO4S/c1-13-3-2-9-5-6(4-7(9)10)14(8,11)12/h6H,2-5H2,1H3. The van der Waals surface area contributed by atoms with E-state index in [2.05, 4.69) is 0 Å². The van der Waals surface area contributed by atoms with Crippen molar-refractivity contribution < 1.29 is 17.9 Å². The van der Waals surface area contributed by atoms with Crippen molar-refractivity contribution in [3.8, 4) is 0 Å². The molecular weight excluding hydrogens is 230 g/mol. The Hall–Kier alpha value is -0.330. The lowest BCUT2D eigenvalue weighted by molar-refractivity contribution is -0.128. The smallest absolute Gasteiger partial charge is 0.237 e. The topological polar surface area (TPSA) is 63.7 Å². The summed E-state index contributed by atoms with van der Waals surface area (Å²) in [4.78, 5) is 12.7. The summed E-state index contributed by atoms with van der Waals surface area (Å²) in [7, 11) is 3.07. The first kappa shape index (κ1) is 11.7. The zero-order valence-electron chi connectivity index (χ0n) is 7.77. The van der Waals surface area contributed by atoms with Crippen LogP contribution in [0.25, 0.3) is 0 Å². The van der Waals surface area contributed by atoms with E-state index in [1.165, 1.54) is 12.0 Å². The number of rotatable bonds is 4. The summed E-state index contributed by atoms with van der Waals surface area (Å²) in [5.41, 5.74) is 0. The molecule has 0 aromatic heterocycles. The maximum Gasteiger partial charge on any atom is 0.237 e. The van der Waals surface area contributed by atoms with Gasteiger partial charge in [0.05, 0.1) is 6.61 Å². The summed E-state index contributed by atoms with van der Waals surface area (Å²) < 4.78 is 26.7. The summed E-state index contributed by atoms with van der Waals surface area (Å²) in [5, 5.41) is -0.770. The molecule has 0 N–H and O–H groups in total. The molecule has 5 nitrogen and oxygen atoms in total. The van der Waals surface area contributed by atoms with Crippen LogP contribution in [0.15, 0.2) is 0 Å². The molecule has 1 aliphatic heterocycles. The van der Waals surface area contributed by atoms with Crippen LogP contribution < -0.4 is 0 Å². The van der Waals surface area contributed by atoms with E-state index in [0.717, 1.165) is 0 Å². The van der Waals surface area contributed by atoms with Crippen LogP contribution >= 0.6 is 10.7 Å². The maximum absolute atomic E-state index is 11.3. The van der Waals surface area contributed by atoms with Crippen molar-refractivity contribution in [3.63, 3.8) is 0 Å². The van der Waals surface area contributed by atoms with Crippen LogP contribution in [0.3, 0.4) is 0 Å². The van der Waals surface area contributed by atoms with Crippen LogP contribution in [0.5, 0.6) is 0 Å². The van der Waals surface area contributed by atoms with E-state index >= 15 is 0 Å². The van der Waals surface area contributed by atoms with E-state index in [9.17, 15) is 13.2 Å². The Morgan fingerprint density at radius 1 is 1.64 bits per heavy atom.